The van der Waals surface area contributed by atoms with Crippen LogP contribution >= 0.6 is 0 Å². The van der Waals surface area contributed by atoms with Gasteiger partial charge >= 0.3 is 0 Å². The summed E-state index contributed by atoms with van der Waals surface area (Å²) in [6, 6.07) is 9.49. The Kier molecular flexibility index (Phi) is 8.12. The molecule has 0 amide bonds. The van der Waals surface area contributed by atoms with Crippen LogP contribution < -0.4 is 15.8 Å². The third kappa shape index (κ3) is 5.43. The van der Waals surface area contributed by atoms with E-state index in [1.807, 2.05) is 37.4 Å². The molecule has 6 nitrogen and oxygen atoms in total. The van der Waals surface area contributed by atoms with E-state index in [0.717, 1.165) is 59.5 Å². The van der Waals surface area contributed by atoms with Crippen LogP contribution in [0.25, 0.3) is 5.57 Å². The predicted molar refractivity (Wildman–Crippen MR) is 160 cm³/mol. The van der Waals surface area contributed by atoms with Crippen LogP contribution in [0.5, 0.6) is 5.75 Å². The Hall–Kier alpha value is -3.84. The maximum Gasteiger partial charge on any atom is 0.168 e. The number of aryl methyl sites for hydroxylation is 1. The maximum atomic E-state index is 14.8. The fraction of sp³-hybridized carbons (Fsp3) is 0.364. The molecule has 0 saturated heterocycles. The van der Waals surface area contributed by atoms with Crippen molar-refractivity contribution in [2.75, 3.05) is 12.4 Å². The van der Waals surface area contributed by atoms with Gasteiger partial charge in [0.15, 0.2) is 17.3 Å². The lowest BCUT2D eigenvalue weighted by molar-refractivity contribution is 0.0998. The molecule has 208 valence electrons. The second kappa shape index (κ2) is 11.7. The molecule has 7 heteroatoms. The summed E-state index contributed by atoms with van der Waals surface area (Å²) in [6.07, 6.45) is 12.4. The molecule has 1 saturated carbocycles. The molecule has 4 N–H and O–H groups in total. The summed E-state index contributed by atoms with van der Waals surface area (Å²) in [4.78, 5) is 17.9. The Labute approximate surface area is 235 Å². The standard InChI is InChI=1S/C33H37FN4O2/c1-4-20-16-23(11-12-25(20)30(39)17-28(36)21-9-10-22(35)15-21)38-29-8-6-5-7-26-27(18-37-33(26)29)24-13-14-31(40-3)32(34)19(24)2/h5,7-8,11-14,16,18,21-22,26,36,38H,4,6,9-10,15,17,35H2,1-3H3/t21-,22-,26?/m0/s1. The Morgan fingerprint density at radius 3 is 2.80 bits per heavy atom. The van der Waals surface area contributed by atoms with Crippen molar-refractivity contribution in [3.63, 3.8) is 0 Å². The number of methoxy groups -OCH3 is 1. The highest BCUT2D eigenvalue weighted by molar-refractivity contribution is 6.14. The first kappa shape index (κ1) is 27.7. The number of aliphatic imine (C=N–C) groups is 1. The van der Waals surface area contributed by atoms with E-state index in [2.05, 4.69) is 23.5 Å². The fourth-order valence-electron chi connectivity index (χ4n) is 6.00. The summed E-state index contributed by atoms with van der Waals surface area (Å²) >= 11 is 0. The molecule has 3 atom stereocenters. The number of carbonyl (C=O) groups is 1. The number of benzene rings is 2. The SMILES string of the molecule is CCc1cc(NC2=CCC=CC3C(c4ccc(OC)c(F)c4C)=CN=C23)ccc1C(=O)CC(=N)[C@H]1CC[C@H](N)C1. The van der Waals surface area contributed by atoms with Crippen LogP contribution in [0, 0.1) is 30.0 Å². The molecule has 0 bridgehead atoms. The first-order valence-electron chi connectivity index (χ1n) is 14.0. The average Bonchev–Trinajstić information content (AvgIpc) is 3.52. The molecule has 2 aliphatic carbocycles. The topological polar surface area (TPSA) is 101 Å². The van der Waals surface area contributed by atoms with Crippen LogP contribution in [0.2, 0.25) is 0 Å². The number of allylic oxidation sites excluding steroid dienone is 5. The number of Topliss-reactive ketones (excluding diaryl/α,β-unsaturated/α-hetero) is 1. The molecular weight excluding hydrogens is 503 g/mol. The highest BCUT2D eigenvalue weighted by Crippen LogP contribution is 2.38. The average molecular weight is 541 g/mol. The molecule has 0 spiro atoms. The number of anilines is 1. The van der Waals surface area contributed by atoms with Crippen LogP contribution in [-0.2, 0) is 6.42 Å². The van der Waals surface area contributed by atoms with E-state index in [-0.39, 0.29) is 41.6 Å². The fourth-order valence-corrected chi connectivity index (χ4v) is 6.00. The smallest absolute Gasteiger partial charge is 0.168 e. The van der Waals surface area contributed by atoms with Crippen molar-refractivity contribution in [3.05, 3.63) is 88.5 Å². The summed E-state index contributed by atoms with van der Waals surface area (Å²) in [5.74, 6) is -0.119. The number of rotatable bonds is 9. The summed E-state index contributed by atoms with van der Waals surface area (Å²) < 4.78 is 20.0. The van der Waals surface area contributed by atoms with Crippen molar-refractivity contribution >= 4 is 28.5 Å². The second-order valence-corrected chi connectivity index (χ2v) is 10.9. The predicted octanol–water partition coefficient (Wildman–Crippen LogP) is 6.79. The van der Waals surface area contributed by atoms with Crippen molar-refractivity contribution in [1.29, 1.82) is 5.41 Å². The zero-order valence-corrected chi connectivity index (χ0v) is 23.4. The highest BCUT2D eigenvalue weighted by Gasteiger charge is 2.30. The van der Waals surface area contributed by atoms with Gasteiger partial charge < -0.3 is 21.2 Å². The van der Waals surface area contributed by atoms with E-state index < -0.39 is 0 Å². The number of nitrogens with one attached hydrogen (secondary N) is 2. The van der Waals surface area contributed by atoms with Gasteiger partial charge in [0.05, 0.1) is 18.5 Å². The molecule has 3 aliphatic rings. The van der Waals surface area contributed by atoms with E-state index in [1.165, 1.54) is 7.11 Å². The van der Waals surface area contributed by atoms with E-state index in [9.17, 15) is 9.18 Å². The van der Waals surface area contributed by atoms with Gasteiger partial charge in [-0.1, -0.05) is 31.2 Å². The van der Waals surface area contributed by atoms with Gasteiger partial charge in [0.1, 0.15) is 0 Å². The summed E-state index contributed by atoms with van der Waals surface area (Å²) in [6.45, 7) is 3.80. The Morgan fingerprint density at radius 2 is 2.08 bits per heavy atom. The number of ketones is 1. The van der Waals surface area contributed by atoms with Gasteiger partial charge in [-0.25, -0.2) is 4.39 Å². The van der Waals surface area contributed by atoms with E-state index >= 15 is 0 Å². The number of carbonyl (C=O) groups excluding carboxylic acids is 1. The molecule has 0 aromatic heterocycles. The van der Waals surface area contributed by atoms with Gasteiger partial charge in [-0.2, -0.15) is 0 Å². The normalized spacial score (nSPS) is 21.7. The number of hydrogen-bond acceptors (Lipinski definition) is 6. The van der Waals surface area contributed by atoms with Crippen molar-refractivity contribution in [1.82, 2.24) is 0 Å². The molecule has 2 aromatic carbocycles. The van der Waals surface area contributed by atoms with Gasteiger partial charge in [0.2, 0.25) is 0 Å². The van der Waals surface area contributed by atoms with E-state index in [1.54, 1.807) is 13.0 Å². The number of nitrogens with two attached hydrogens (primary N) is 1. The number of nitrogens with zero attached hydrogens (tertiary/aromatic N) is 1. The van der Waals surface area contributed by atoms with Gasteiger partial charge in [-0.15, -0.1) is 0 Å². The number of fused-ring (bicyclic) bond motifs is 1. The first-order chi connectivity index (χ1) is 19.3. The van der Waals surface area contributed by atoms with Gasteiger partial charge in [-0.05, 0) is 91.5 Å². The third-order valence-electron chi connectivity index (χ3n) is 8.30. The molecule has 0 radical (unpaired) electrons. The Bertz CT molecular complexity index is 1470. The number of hydrogen-bond donors (Lipinski definition) is 3. The molecule has 1 aliphatic heterocycles. The zero-order valence-electron chi connectivity index (χ0n) is 23.4. The van der Waals surface area contributed by atoms with E-state index in [4.69, 9.17) is 20.9 Å². The zero-order chi connectivity index (χ0) is 28.4. The summed E-state index contributed by atoms with van der Waals surface area (Å²) in [7, 11) is 1.47. The lowest BCUT2D eigenvalue weighted by Gasteiger charge is -2.19. The third-order valence-corrected chi connectivity index (χ3v) is 8.30. The lowest BCUT2D eigenvalue weighted by atomic mass is 9.87. The second-order valence-electron chi connectivity index (χ2n) is 10.9. The Morgan fingerprint density at radius 1 is 1.25 bits per heavy atom. The number of halogens is 1. The van der Waals surface area contributed by atoms with Crippen LogP contribution in [0.15, 0.2) is 65.4 Å². The van der Waals surface area contributed by atoms with E-state index in [0.29, 0.717) is 23.3 Å². The molecule has 2 aromatic rings. The molecule has 40 heavy (non-hydrogen) atoms. The van der Waals surface area contributed by atoms with Crippen LogP contribution in [0.4, 0.5) is 10.1 Å². The van der Waals surface area contributed by atoms with Crippen LogP contribution in [-0.4, -0.2) is 30.4 Å². The number of ether oxygens (including phenoxy) is 1. The van der Waals surface area contributed by atoms with Gasteiger partial charge in [0.25, 0.3) is 0 Å². The molecule has 5 rings (SSSR count). The van der Waals surface area contributed by atoms with Crippen molar-refractivity contribution in [3.8, 4) is 5.75 Å². The summed E-state index contributed by atoms with van der Waals surface area (Å²) in [5.41, 5.74) is 13.1. The molecule has 1 heterocycles. The van der Waals surface area contributed by atoms with Crippen LogP contribution in [0.3, 0.4) is 0 Å². The van der Waals surface area contributed by atoms with Gasteiger partial charge in [0, 0.05) is 41.5 Å². The summed E-state index contributed by atoms with van der Waals surface area (Å²) in [5, 5.41) is 12.0. The molecular formula is C33H37FN4O2. The van der Waals surface area contributed by atoms with Crippen molar-refractivity contribution in [2.45, 2.75) is 58.4 Å². The minimum atomic E-state index is -0.357. The van der Waals surface area contributed by atoms with Crippen molar-refractivity contribution in [2.24, 2.45) is 22.6 Å². The Balaban J connectivity index is 1.32. The van der Waals surface area contributed by atoms with Crippen molar-refractivity contribution < 1.29 is 13.9 Å². The van der Waals surface area contributed by atoms with Gasteiger partial charge in [-0.3, -0.25) is 9.79 Å². The first-order valence-corrected chi connectivity index (χ1v) is 14.0. The lowest BCUT2D eigenvalue weighted by Crippen LogP contribution is -2.20. The quantitative estimate of drug-likeness (QED) is 0.185. The van der Waals surface area contributed by atoms with Crippen LogP contribution in [0.1, 0.15) is 66.1 Å². The molecule has 1 fully saturated rings. The maximum absolute atomic E-state index is 14.8. The molecule has 1 unspecified atom stereocenters. The monoisotopic (exact) mass is 540 g/mol. The minimum absolute atomic E-state index is 0.0112. The minimum Gasteiger partial charge on any atom is -0.494 e. The highest BCUT2D eigenvalue weighted by atomic mass is 19.1. The largest absolute Gasteiger partial charge is 0.494 e.